The molecule has 2 aromatic carbocycles. The van der Waals surface area contributed by atoms with Gasteiger partial charge in [0.05, 0.1) is 0 Å². The summed E-state index contributed by atoms with van der Waals surface area (Å²) in [5.41, 5.74) is 1.91. The first-order valence-corrected chi connectivity index (χ1v) is 7.82. The first kappa shape index (κ1) is 15.4. The molecule has 0 aromatic heterocycles. The predicted octanol–water partition coefficient (Wildman–Crippen LogP) is 3.16. The lowest BCUT2D eigenvalue weighted by molar-refractivity contribution is 0.0827. The lowest BCUT2D eigenvalue weighted by Gasteiger charge is -2.26. The minimum atomic E-state index is 0.0252. The first-order chi connectivity index (χ1) is 11.1. The van der Waals surface area contributed by atoms with Crippen molar-refractivity contribution in [3.05, 3.63) is 59.7 Å². The van der Waals surface area contributed by atoms with Crippen molar-refractivity contribution < 1.29 is 14.3 Å². The number of aryl methyl sites for hydroxylation is 1. The molecule has 0 spiro atoms. The molecule has 0 fully saturated rings. The van der Waals surface area contributed by atoms with Crippen LogP contribution in [-0.2, 0) is 6.42 Å². The summed E-state index contributed by atoms with van der Waals surface area (Å²) in [5.74, 6) is 1.66. The van der Waals surface area contributed by atoms with Gasteiger partial charge in [-0.05, 0) is 42.7 Å². The molecule has 0 radical (unpaired) electrons. The Balaban J connectivity index is 1.56. The van der Waals surface area contributed by atoms with E-state index in [1.54, 1.807) is 19.0 Å². The minimum Gasteiger partial charge on any atom is -0.486 e. The Morgan fingerprint density at radius 1 is 1.09 bits per heavy atom. The van der Waals surface area contributed by atoms with Crippen LogP contribution in [0, 0.1) is 0 Å². The van der Waals surface area contributed by atoms with Gasteiger partial charge in [-0.15, -0.1) is 0 Å². The number of para-hydroxylation sites is 2. The van der Waals surface area contributed by atoms with Crippen LogP contribution in [-0.4, -0.2) is 37.6 Å². The molecule has 4 heteroatoms. The number of rotatable bonds is 4. The third-order valence-electron chi connectivity index (χ3n) is 3.93. The molecule has 0 N–H and O–H groups in total. The van der Waals surface area contributed by atoms with E-state index in [1.165, 1.54) is 5.56 Å². The summed E-state index contributed by atoms with van der Waals surface area (Å²) in [7, 11) is 3.52. The van der Waals surface area contributed by atoms with E-state index >= 15 is 0 Å². The van der Waals surface area contributed by atoms with Gasteiger partial charge in [-0.3, -0.25) is 4.79 Å². The quantitative estimate of drug-likeness (QED) is 0.870. The van der Waals surface area contributed by atoms with Crippen LogP contribution in [0.4, 0.5) is 0 Å². The summed E-state index contributed by atoms with van der Waals surface area (Å²) < 4.78 is 11.7. The van der Waals surface area contributed by atoms with E-state index in [2.05, 4.69) is 0 Å². The second-order valence-corrected chi connectivity index (χ2v) is 5.93. The van der Waals surface area contributed by atoms with Crippen LogP contribution in [0.2, 0.25) is 0 Å². The SMILES string of the molecule is CN(C)C(=O)c1ccc(CC[C@H]2COc3ccccc3O2)cc1. The minimum absolute atomic E-state index is 0.0252. The van der Waals surface area contributed by atoms with Gasteiger partial charge < -0.3 is 14.4 Å². The standard InChI is InChI=1S/C19H21NO3/c1-20(2)19(21)15-10-7-14(8-11-15)9-12-16-13-22-17-5-3-4-6-18(17)23-16/h3-8,10-11,16H,9,12-13H2,1-2H3/t16-/m0/s1. The van der Waals surface area contributed by atoms with Crippen molar-refractivity contribution in [1.82, 2.24) is 4.90 Å². The Kier molecular flexibility index (Phi) is 4.51. The summed E-state index contributed by atoms with van der Waals surface area (Å²) in [4.78, 5) is 13.5. The van der Waals surface area contributed by atoms with E-state index in [1.807, 2.05) is 48.5 Å². The normalized spacial score (nSPS) is 16.0. The molecule has 0 aliphatic carbocycles. The van der Waals surface area contributed by atoms with Gasteiger partial charge in [0.15, 0.2) is 11.5 Å². The number of hydrogen-bond donors (Lipinski definition) is 0. The van der Waals surface area contributed by atoms with Crippen molar-refractivity contribution in [2.75, 3.05) is 20.7 Å². The molecular weight excluding hydrogens is 290 g/mol. The van der Waals surface area contributed by atoms with E-state index < -0.39 is 0 Å². The molecule has 1 atom stereocenters. The van der Waals surface area contributed by atoms with Crippen molar-refractivity contribution in [2.24, 2.45) is 0 Å². The van der Waals surface area contributed by atoms with Crippen LogP contribution in [0.3, 0.4) is 0 Å². The number of ether oxygens (including phenoxy) is 2. The summed E-state index contributed by atoms with van der Waals surface area (Å²) >= 11 is 0. The van der Waals surface area contributed by atoms with Crippen LogP contribution in [0.25, 0.3) is 0 Å². The highest BCUT2D eigenvalue weighted by molar-refractivity contribution is 5.93. The van der Waals surface area contributed by atoms with Crippen molar-refractivity contribution in [3.63, 3.8) is 0 Å². The van der Waals surface area contributed by atoms with Crippen molar-refractivity contribution in [3.8, 4) is 11.5 Å². The third-order valence-corrected chi connectivity index (χ3v) is 3.93. The van der Waals surface area contributed by atoms with Gasteiger partial charge in [-0.1, -0.05) is 24.3 Å². The van der Waals surface area contributed by atoms with Crippen LogP contribution < -0.4 is 9.47 Å². The molecule has 120 valence electrons. The Morgan fingerprint density at radius 2 is 1.78 bits per heavy atom. The number of hydrogen-bond acceptors (Lipinski definition) is 3. The molecule has 0 saturated heterocycles. The highest BCUT2D eigenvalue weighted by Crippen LogP contribution is 2.31. The van der Waals surface area contributed by atoms with Gasteiger partial charge in [0.25, 0.3) is 5.91 Å². The maximum Gasteiger partial charge on any atom is 0.253 e. The fraction of sp³-hybridized carbons (Fsp3) is 0.316. The largest absolute Gasteiger partial charge is 0.486 e. The van der Waals surface area contributed by atoms with Gasteiger partial charge >= 0.3 is 0 Å². The molecule has 0 unspecified atom stereocenters. The van der Waals surface area contributed by atoms with E-state index in [4.69, 9.17) is 9.47 Å². The first-order valence-electron chi connectivity index (χ1n) is 7.82. The van der Waals surface area contributed by atoms with Gasteiger partial charge in [-0.2, -0.15) is 0 Å². The molecule has 1 heterocycles. The van der Waals surface area contributed by atoms with Crippen LogP contribution in [0.1, 0.15) is 22.3 Å². The van der Waals surface area contributed by atoms with Crippen molar-refractivity contribution >= 4 is 5.91 Å². The lowest BCUT2D eigenvalue weighted by atomic mass is 10.0. The zero-order chi connectivity index (χ0) is 16.2. The monoisotopic (exact) mass is 311 g/mol. The fourth-order valence-corrected chi connectivity index (χ4v) is 2.61. The second kappa shape index (κ2) is 6.73. The van der Waals surface area contributed by atoms with E-state index in [9.17, 15) is 4.79 Å². The number of nitrogens with zero attached hydrogens (tertiary/aromatic N) is 1. The maximum absolute atomic E-state index is 11.9. The molecule has 0 saturated carbocycles. The van der Waals surface area contributed by atoms with Gasteiger partial charge in [0, 0.05) is 19.7 Å². The third kappa shape index (κ3) is 3.65. The van der Waals surface area contributed by atoms with Crippen LogP contribution >= 0.6 is 0 Å². The molecule has 0 bridgehead atoms. The zero-order valence-electron chi connectivity index (χ0n) is 13.5. The Bertz CT molecular complexity index is 679. The molecule has 3 rings (SSSR count). The fourth-order valence-electron chi connectivity index (χ4n) is 2.61. The molecule has 4 nitrogen and oxygen atoms in total. The summed E-state index contributed by atoms with van der Waals surface area (Å²) in [6.07, 6.45) is 1.84. The van der Waals surface area contributed by atoms with E-state index in [0.717, 1.165) is 24.3 Å². The summed E-state index contributed by atoms with van der Waals surface area (Å²) in [6, 6.07) is 15.5. The number of fused-ring (bicyclic) bond motifs is 1. The highest BCUT2D eigenvalue weighted by atomic mass is 16.6. The average Bonchev–Trinajstić information content (AvgIpc) is 2.59. The molecular formula is C19H21NO3. The Labute approximate surface area is 136 Å². The zero-order valence-corrected chi connectivity index (χ0v) is 13.5. The molecule has 1 amide bonds. The topological polar surface area (TPSA) is 38.8 Å². The van der Waals surface area contributed by atoms with Crippen molar-refractivity contribution in [2.45, 2.75) is 18.9 Å². The number of carbonyl (C=O) groups excluding carboxylic acids is 1. The van der Waals surface area contributed by atoms with Crippen molar-refractivity contribution in [1.29, 1.82) is 0 Å². The highest BCUT2D eigenvalue weighted by Gasteiger charge is 2.20. The molecule has 1 aliphatic heterocycles. The average molecular weight is 311 g/mol. The maximum atomic E-state index is 11.9. The molecule has 23 heavy (non-hydrogen) atoms. The van der Waals surface area contributed by atoms with Crippen LogP contribution in [0.15, 0.2) is 48.5 Å². The van der Waals surface area contributed by atoms with Gasteiger partial charge in [0.1, 0.15) is 12.7 Å². The molecule has 2 aromatic rings. The van der Waals surface area contributed by atoms with Gasteiger partial charge in [0.2, 0.25) is 0 Å². The Morgan fingerprint density at radius 3 is 2.48 bits per heavy atom. The Hall–Kier alpha value is -2.49. The molecule has 1 aliphatic rings. The van der Waals surface area contributed by atoms with Crippen LogP contribution in [0.5, 0.6) is 11.5 Å². The van der Waals surface area contributed by atoms with Gasteiger partial charge in [-0.25, -0.2) is 0 Å². The lowest BCUT2D eigenvalue weighted by Crippen LogP contribution is -2.29. The summed E-state index contributed by atoms with van der Waals surface area (Å²) in [5, 5.41) is 0. The van der Waals surface area contributed by atoms with E-state index in [-0.39, 0.29) is 12.0 Å². The predicted molar refractivity (Wildman–Crippen MR) is 89.1 cm³/mol. The summed E-state index contributed by atoms with van der Waals surface area (Å²) in [6.45, 7) is 0.578. The smallest absolute Gasteiger partial charge is 0.253 e. The number of amides is 1. The number of carbonyl (C=O) groups is 1. The number of benzene rings is 2. The van der Waals surface area contributed by atoms with E-state index in [0.29, 0.717) is 12.2 Å². The second-order valence-electron chi connectivity index (χ2n) is 5.93.